The van der Waals surface area contributed by atoms with Gasteiger partial charge in [-0.2, -0.15) is 0 Å². The number of rotatable bonds is 1. The van der Waals surface area contributed by atoms with Gasteiger partial charge in [-0.25, -0.2) is 0 Å². The van der Waals surface area contributed by atoms with Crippen molar-refractivity contribution in [2.45, 2.75) is 0 Å². The Balaban J connectivity index is 3.08. The van der Waals surface area contributed by atoms with Gasteiger partial charge in [0.25, 0.3) is 5.24 Å². The monoisotopic (exact) mass is 164 g/mol. The average molecular weight is 165 g/mol. The lowest BCUT2D eigenvalue weighted by molar-refractivity contribution is 0.105. The molecule has 9 heavy (non-hydrogen) atoms. The van der Waals surface area contributed by atoms with Crippen LogP contribution in [0, 0.1) is 0 Å². The second kappa shape index (κ2) is 2.42. The zero-order valence-corrected chi connectivity index (χ0v) is 5.74. The standard InChI is InChI=1S/C5H2Cl2O2/c6-3-1-2-9-4(3)5(7)8/h1-2H. The summed E-state index contributed by atoms with van der Waals surface area (Å²) in [5.41, 5.74) is 0. The lowest BCUT2D eigenvalue weighted by atomic mass is 10.5. The van der Waals surface area contributed by atoms with Crippen LogP contribution >= 0.6 is 23.2 Å². The summed E-state index contributed by atoms with van der Waals surface area (Å²) in [6, 6.07) is 1.46. The van der Waals surface area contributed by atoms with E-state index in [1.165, 1.54) is 12.3 Å². The molecular formula is C5H2Cl2O2. The van der Waals surface area contributed by atoms with Crippen molar-refractivity contribution in [2.75, 3.05) is 0 Å². The summed E-state index contributed by atoms with van der Waals surface area (Å²) in [5.74, 6) is -0.00154. The van der Waals surface area contributed by atoms with Gasteiger partial charge in [0, 0.05) is 0 Å². The summed E-state index contributed by atoms with van der Waals surface area (Å²) in [5, 5.41) is -0.431. The van der Waals surface area contributed by atoms with Gasteiger partial charge in [-0.05, 0) is 17.7 Å². The second-order valence-electron chi connectivity index (χ2n) is 1.37. The minimum Gasteiger partial charge on any atom is -0.458 e. The van der Waals surface area contributed by atoms with Crippen LogP contribution in [0.5, 0.6) is 0 Å². The molecule has 0 aliphatic carbocycles. The van der Waals surface area contributed by atoms with Crippen LogP contribution in [0.15, 0.2) is 16.7 Å². The summed E-state index contributed by atoms with van der Waals surface area (Å²) >= 11 is 10.5. The van der Waals surface area contributed by atoms with E-state index in [1.807, 2.05) is 0 Å². The molecule has 4 heteroatoms. The number of hydrogen-bond donors (Lipinski definition) is 0. The Bertz CT molecular complexity index is 229. The molecule has 0 amide bonds. The first-order valence-corrected chi connectivity index (χ1v) is 2.90. The van der Waals surface area contributed by atoms with Crippen molar-refractivity contribution in [1.29, 1.82) is 0 Å². The van der Waals surface area contributed by atoms with E-state index in [1.54, 1.807) is 0 Å². The molecular weight excluding hydrogens is 163 g/mol. The summed E-state index contributed by atoms with van der Waals surface area (Å²) < 4.78 is 4.61. The molecule has 0 aliphatic heterocycles. The molecule has 0 bridgehead atoms. The van der Waals surface area contributed by atoms with Gasteiger partial charge in [-0.15, -0.1) is 0 Å². The van der Waals surface area contributed by atoms with Gasteiger partial charge in [0.05, 0.1) is 11.3 Å². The van der Waals surface area contributed by atoms with E-state index in [2.05, 4.69) is 4.42 Å². The van der Waals surface area contributed by atoms with Gasteiger partial charge in [-0.1, -0.05) is 11.6 Å². The molecule has 2 nitrogen and oxygen atoms in total. The van der Waals surface area contributed by atoms with E-state index in [9.17, 15) is 4.79 Å². The van der Waals surface area contributed by atoms with Crippen molar-refractivity contribution in [1.82, 2.24) is 0 Å². The first-order chi connectivity index (χ1) is 4.22. The van der Waals surface area contributed by atoms with Crippen LogP contribution in [0.25, 0.3) is 0 Å². The minimum absolute atomic E-state index is 0.00154. The van der Waals surface area contributed by atoms with Crippen LogP contribution in [0.2, 0.25) is 5.02 Å². The maximum atomic E-state index is 10.3. The first-order valence-electron chi connectivity index (χ1n) is 2.14. The van der Waals surface area contributed by atoms with E-state index in [-0.39, 0.29) is 10.8 Å². The quantitative estimate of drug-likeness (QED) is 0.597. The highest BCUT2D eigenvalue weighted by Crippen LogP contribution is 2.17. The van der Waals surface area contributed by atoms with Crippen LogP contribution in [0.1, 0.15) is 10.6 Å². The fourth-order valence-electron chi connectivity index (χ4n) is 0.434. The molecule has 1 aromatic heterocycles. The highest BCUT2D eigenvalue weighted by Gasteiger charge is 2.09. The third-order valence-corrected chi connectivity index (χ3v) is 1.26. The maximum Gasteiger partial charge on any atom is 0.289 e. The van der Waals surface area contributed by atoms with Crippen molar-refractivity contribution in [3.8, 4) is 0 Å². The fourth-order valence-corrected chi connectivity index (χ4v) is 0.811. The third-order valence-electron chi connectivity index (χ3n) is 0.796. The first kappa shape index (κ1) is 6.65. The molecule has 0 aromatic carbocycles. The van der Waals surface area contributed by atoms with Gasteiger partial charge in [0.2, 0.25) is 5.76 Å². The summed E-state index contributed by atoms with van der Waals surface area (Å²) in [4.78, 5) is 10.3. The maximum absolute atomic E-state index is 10.3. The Morgan fingerprint density at radius 2 is 2.33 bits per heavy atom. The van der Waals surface area contributed by atoms with Crippen molar-refractivity contribution >= 4 is 28.4 Å². The number of carbonyl (C=O) groups excluding carboxylic acids is 1. The number of carbonyl (C=O) groups is 1. The van der Waals surface area contributed by atoms with Gasteiger partial charge in [-0.3, -0.25) is 4.79 Å². The van der Waals surface area contributed by atoms with E-state index in [4.69, 9.17) is 23.2 Å². The molecule has 0 spiro atoms. The van der Waals surface area contributed by atoms with Gasteiger partial charge >= 0.3 is 0 Å². The van der Waals surface area contributed by atoms with Crippen LogP contribution in [-0.2, 0) is 0 Å². The summed E-state index contributed by atoms with van der Waals surface area (Å²) in [6.07, 6.45) is 1.30. The smallest absolute Gasteiger partial charge is 0.289 e. The van der Waals surface area contributed by atoms with Crippen molar-refractivity contribution in [2.24, 2.45) is 0 Å². The second-order valence-corrected chi connectivity index (χ2v) is 2.12. The highest BCUT2D eigenvalue weighted by molar-refractivity contribution is 6.68. The minimum atomic E-state index is -0.676. The van der Waals surface area contributed by atoms with Crippen LogP contribution in [0.4, 0.5) is 0 Å². The number of furan rings is 1. The fraction of sp³-hybridized carbons (Fsp3) is 0. The molecule has 0 unspecified atom stereocenters. The van der Waals surface area contributed by atoms with E-state index in [0.29, 0.717) is 0 Å². The van der Waals surface area contributed by atoms with Gasteiger partial charge in [0.1, 0.15) is 0 Å². The summed E-state index contributed by atoms with van der Waals surface area (Å²) in [7, 11) is 0. The Morgan fingerprint density at radius 1 is 1.67 bits per heavy atom. The average Bonchev–Trinajstić information content (AvgIpc) is 2.13. The van der Waals surface area contributed by atoms with Crippen LogP contribution < -0.4 is 0 Å². The molecule has 1 aromatic rings. The lowest BCUT2D eigenvalue weighted by Gasteiger charge is -1.82. The Morgan fingerprint density at radius 3 is 2.56 bits per heavy atom. The van der Waals surface area contributed by atoms with E-state index >= 15 is 0 Å². The Kier molecular flexibility index (Phi) is 1.78. The predicted molar refractivity (Wildman–Crippen MR) is 33.9 cm³/mol. The van der Waals surface area contributed by atoms with Crippen molar-refractivity contribution in [3.05, 3.63) is 23.1 Å². The topological polar surface area (TPSA) is 30.2 Å². The van der Waals surface area contributed by atoms with Crippen LogP contribution in [0.3, 0.4) is 0 Å². The molecule has 1 heterocycles. The molecule has 0 saturated carbocycles. The van der Waals surface area contributed by atoms with Crippen LogP contribution in [-0.4, -0.2) is 5.24 Å². The highest BCUT2D eigenvalue weighted by atomic mass is 35.5. The molecule has 48 valence electrons. The molecule has 0 saturated heterocycles. The molecule has 0 fully saturated rings. The zero-order valence-electron chi connectivity index (χ0n) is 4.23. The molecule has 0 N–H and O–H groups in total. The number of halogens is 2. The normalized spacial score (nSPS) is 9.56. The van der Waals surface area contributed by atoms with E-state index in [0.717, 1.165) is 0 Å². The van der Waals surface area contributed by atoms with Gasteiger partial charge < -0.3 is 4.42 Å². The molecule has 1 rings (SSSR count). The SMILES string of the molecule is O=C(Cl)c1occc1Cl. The molecule has 0 radical (unpaired) electrons. The van der Waals surface area contributed by atoms with Crippen molar-refractivity contribution in [3.63, 3.8) is 0 Å². The number of hydrogen-bond acceptors (Lipinski definition) is 2. The zero-order chi connectivity index (χ0) is 6.85. The van der Waals surface area contributed by atoms with Gasteiger partial charge in [0.15, 0.2) is 0 Å². The largest absolute Gasteiger partial charge is 0.458 e. The Hall–Kier alpha value is -0.470. The molecule has 0 aliphatic rings. The third kappa shape index (κ3) is 1.26. The Labute approximate surface area is 61.4 Å². The summed E-state index contributed by atoms with van der Waals surface area (Å²) in [6.45, 7) is 0. The van der Waals surface area contributed by atoms with Crippen molar-refractivity contribution < 1.29 is 9.21 Å². The lowest BCUT2D eigenvalue weighted by Crippen LogP contribution is -1.83. The van der Waals surface area contributed by atoms with E-state index < -0.39 is 5.24 Å². The predicted octanol–water partition coefficient (Wildman–Crippen LogP) is 2.31. The molecule has 0 atom stereocenters.